The van der Waals surface area contributed by atoms with Crippen molar-refractivity contribution in [1.82, 2.24) is 14.7 Å². The monoisotopic (exact) mass is 465 g/mol. The zero-order valence-corrected chi connectivity index (χ0v) is 19.6. The number of fused-ring (bicyclic) bond motifs is 1. The van der Waals surface area contributed by atoms with Crippen LogP contribution in [0.4, 0.5) is 0 Å². The third-order valence-electron chi connectivity index (χ3n) is 5.93. The summed E-state index contributed by atoms with van der Waals surface area (Å²) in [7, 11) is 3.42. The van der Waals surface area contributed by atoms with Crippen LogP contribution in [0.5, 0.6) is 5.75 Å². The highest BCUT2D eigenvalue weighted by Crippen LogP contribution is 2.51. The summed E-state index contributed by atoms with van der Waals surface area (Å²) in [5, 5.41) is 5.80. The molecule has 4 aromatic rings. The summed E-state index contributed by atoms with van der Waals surface area (Å²) in [6.07, 6.45) is 2.91. The number of aromatic nitrogens is 3. The SMILES string of the molecule is COC(=O)[C@@H]1C[C@@H]1c1cn(C)c2c(-c3noc(-c4ccc(OC(C)C)c(Cl)c4)n3)cccc12. The summed E-state index contributed by atoms with van der Waals surface area (Å²) in [6.45, 7) is 3.89. The summed E-state index contributed by atoms with van der Waals surface area (Å²) in [4.78, 5) is 16.6. The number of esters is 1. The quantitative estimate of drug-likeness (QED) is 0.344. The van der Waals surface area contributed by atoms with E-state index in [2.05, 4.69) is 27.0 Å². The van der Waals surface area contributed by atoms with Crippen LogP contribution in [-0.2, 0) is 16.6 Å². The Balaban J connectivity index is 1.49. The molecule has 1 fully saturated rings. The zero-order chi connectivity index (χ0) is 23.3. The number of carbonyl (C=O) groups is 1. The Bertz CT molecular complexity index is 1360. The molecule has 33 heavy (non-hydrogen) atoms. The van der Waals surface area contributed by atoms with E-state index in [0.29, 0.717) is 28.1 Å². The van der Waals surface area contributed by atoms with Crippen LogP contribution < -0.4 is 4.74 Å². The number of hydrogen-bond acceptors (Lipinski definition) is 6. The van der Waals surface area contributed by atoms with E-state index < -0.39 is 0 Å². The van der Waals surface area contributed by atoms with Crippen LogP contribution >= 0.6 is 11.6 Å². The molecule has 0 saturated heterocycles. The minimum atomic E-state index is -0.153. The molecule has 170 valence electrons. The smallest absolute Gasteiger partial charge is 0.309 e. The standard InChI is InChI=1S/C25H24ClN3O4/c1-13(2)32-21-9-8-14(10-20(21)26)24-27-23(28-33-24)16-7-5-6-15-19(12-29(3)22(15)16)17-11-18(17)25(30)31-4/h5-10,12-13,17-18H,11H2,1-4H3/t17-,18+/m0/s1. The van der Waals surface area contributed by atoms with E-state index >= 15 is 0 Å². The fourth-order valence-corrected chi connectivity index (χ4v) is 4.58. The molecule has 5 rings (SSSR count). The number of para-hydroxylation sites is 1. The first-order valence-corrected chi connectivity index (χ1v) is 11.2. The average molecular weight is 466 g/mol. The van der Waals surface area contributed by atoms with E-state index in [1.54, 1.807) is 12.1 Å². The number of carbonyl (C=O) groups excluding carboxylic acids is 1. The van der Waals surface area contributed by atoms with Gasteiger partial charge in [-0.3, -0.25) is 4.79 Å². The van der Waals surface area contributed by atoms with Gasteiger partial charge in [-0.05, 0) is 50.1 Å². The number of nitrogens with zero attached hydrogens (tertiary/aromatic N) is 3. The first kappa shape index (κ1) is 21.5. The molecule has 2 atom stereocenters. The molecule has 0 aliphatic heterocycles. The molecule has 0 N–H and O–H groups in total. The largest absolute Gasteiger partial charge is 0.489 e. The van der Waals surface area contributed by atoms with E-state index in [-0.39, 0.29) is 23.9 Å². The number of rotatable bonds is 6. The maximum absolute atomic E-state index is 11.9. The molecule has 2 aromatic heterocycles. The van der Waals surface area contributed by atoms with E-state index in [1.165, 1.54) is 7.11 Å². The second kappa shape index (κ2) is 8.23. The Hall–Kier alpha value is -3.32. The first-order valence-electron chi connectivity index (χ1n) is 10.8. The third kappa shape index (κ3) is 3.86. The van der Waals surface area contributed by atoms with Gasteiger partial charge in [-0.2, -0.15) is 4.98 Å². The van der Waals surface area contributed by atoms with Gasteiger partial charge in [0.25, 0.3) is 5.89 Å². The maximum Gasteiger partial charge on any atom is 0.309 e. The van der Waals surface area contributed by atoms with Gasteiger partial charge in [0.15, 0.2) is 0 Å². The fraction of sp³-hybridized carbons (Fsp3) is 0.320. The van der Waals surface area contributed by atoms with Crippen LogP contribution in [0.2, 0.25) is 5.02 Å². The number of aryl methyl sites for hydroxylation is 1. The van der Waals surface area contributed by atoms with Gasteiger partial charge in [0.05, 0.1) is 29.7 Å². The minimum Gasteiger partial charge on any atom is -0.489 e. The molecule has 8 heteroatoms. The topological polar surface area (TPSA) is 79.4 Å². The van der Waals surface area contributed by atoms with E-state index in [1.807, 2.05) is 39.1 Å². The van der Waals surface area contributed by atoms with Crippen molar-refractivity contribution in [2.45, 2.75) is 32.3 Å². The molecule has 0 spiro atoms. The van der Waals surface area contributed by atoms with Crippen molar-refractivity contribution in [2.24, 2.45) is 13.0 Å². The molecule has 7 nitrogen and oxygen atoms in total. The van der Waals surface area contributed by atoms with Crippen molar-refractivity contribution in [3.05, 3.63) is 53.2 Å². The zero-order valence-electron chi connectivity index (χ0n) is 18.8. The van der Waals surface area contributed by atoms with Crippen LogP contribution in [0.15, 0.2) is 47.1 Å². The first-order chi connectivity index (χ1) is 15.9. The van der Waals surface area contributed by atoms with Crippen molar-refractivity contribution in [3.8, 4) is 28.6 Å². The second-order valence-electron chi connectivity index (χ2n) is 8.60. The molecule has 0 bridgehead atoms. The van der Waals surface area contributed by atoms with Gasteiger partial charge >= 0.3 is 5.97 Å². The Morgan fingerprint density at radius 3 is 2.82 bits per heavy atom. The third-order valence-corrected chi connectivity index (χ3v) is 6.23. The Kier molecular flexibility index (Phi) is 5.37. The lowest BCUT2D eigenvalue weighted by Gasteiger charge is -2.11. The lowest BCUT2D eigenvalue weighted by Crippen LogP contribution is -2.05. The summed E-state index contributed by atoms with van der Waals surface area (Å²) >= 11 is 6.38. The normalized spacial score (nSPS) is 17.5. The fourth-order valence-electron chi connectivity index (χ4n) is 4.36. The highest BCUT2D eigenvalue weighted by atomic mass is 35.5. The van der Waals surface area contributed by atoms with Gasteiger partial charge < -0.3 is 18.6 Å². The van der Waals surface area contributed by atoms with Crippen LogP contribution in [0, 0.1) is 5.92 Å². The molecule has 1 aliphatic carbocycles. The van der Waals surface area contributed by atoms with Gasteiger partial charge in [-0.15, -0.1) is 0 Å². The van der Waals surface area contributed by atoms with E-state index in [0.717, 1.165) is 28.5 Å². The molecule has 0 amide bonds. The van der Waals surface area contributed by atoms with Gasteiger partial charge in [-0.1, -0.05) is 28.9 Å². The predicted octanol–water partition coefficient (Wildman–Crippen LogP) is 5.61. The number of hydrogen-bond donors (Lipinski definition) is 0. The number of ether oxygens (including phenoxy) is 2. The minimum absolute atomic E-state index is 0.0255. The van der Waals surface area contributed by atoms with E-state index in [9.17, 15) is 4.79 Å². The van der Waals surface area contributed by atoms with Crippen molar-refractivity contribution in [2.75, 3.05) is 7.11 Å². The number of halogens is 1. The summed E-state index contributed by atoms with van der Waals surface area (Å²) in [5.41, 5.74) is 3.71. The molecule has 0 radical (unpaired) electrons. The Morgan fingerprint density at radius 1 is 1.27 bits per heavy atom. The molecule has 2 aromatic carbocycles. The molecule has 1 saturated carbocycles. The maximum atomic E-state index is 11.9. The molecular formula is C25H24ClN3O4. The average Bonchev–Trinajstić information content (AvgIpc) is 3.29. The lowest BCUT2D eigenvalue weighted by atomic mass is 10.0. The van der Waals surface area contributed by atoms with Gasteiger partial charge in [-0.25, -0.2) is 0 Å². The lowest BCUT2D eigenvalue weighted by molar-refractivity contribution is -0.142. The van der Waals surface area contributed by atoms with Gasteiger partial charge in [0.2, 0.25) is 5.82 Å². The van der Waals surface area contributed by atoms with Gasteiger partial charge in [0.1, 0.15) is 5.75 Å². The number of methoxy groups -OCH3 is 1. The van der Waals surface area contributed by atoms with Crippen molar-refractivity contribution in [3.63, 3.8) is 0 Å². The van der Waals surface area contributed by atoms with E-state index in [4.69, 9.17) is 25.6 Å². The number of benzene rings is 2. The highest BCUT2D eigenvalue weighted by molar-refractivity contribution is 6.32. The summed E-state index contributed by atoms with van der Waals surface area (Å²) in [5.74, 6) is 1.42. The molecule has 1 aliphatic rings. The van der Waals surface area contributed by atoms with Crippen LogP contribution in [0.3, 0.4) is 0 Å². The van der Waals surface area contributed by atoms with Crippen LogP contribution in [0.1, 0.15) is 31.7 Å². The van der Waals surface area contributed by atoms with Crippen LogP contribution in [-0.4, -0.2) is 33.9 Å². The van der Waals surface area contributed by atoms with Crippen molar-refractivity contribution >= 4 is 28.5 Å². The Labute approximate surface area is 196 Å². The Morgan fingerprint density at radius 2 is 2.09 bits per heavy atom. The van der Waals surface area contributed by atoms with Crippen LogP contribution in [0.25, 0.3) is 33.7 Å². The molecular weight excluding hydrogens is 442 g/mol. The predicted molar refractivity (Wildman–Crippen MR) is 125 cm³/mol. The van der Waals surface area contributed by atoms with Crippen molar-refractivity contribution < 1.29 is 18.8 Å². The second-order valence-corrected chi connectivity index (χ2v) is 9.01. The summed E-state index contributed by atoms with van der Waals surface area (Å²) < 4.78 is 18.2. The highest BCUT2D eigenvalue weighted by Gasteiger charge is 2.46. The molecule has 2 heterocycles. The van der Waals surface area contributed by atoms with Gasteiger partial charge in [0, 0.05) is 35.7 Å². The van der Waals surface area contributed by atoms with Crippen molar-refractivity contribution in [1.29, 1.82) is 0 Å². The summed E-state index contributed by atoms with van der Waals surface area (Å²) in [6, 6.07) is 11.4. The molecule has 0 unspecified atom stereocenters.